The van der Waals surface area contributed by atoms with Crippen LogP contribution >= 0.6 is 0 Å². The predicted molar refractivity (Wildman–Crippen MR) is 72.7 cm³/mol. The van der Waals surface area contributed by atoms with Gasteiger partial charge in [-0.3, -0.25) is 0 Å². The first-order valence-electron chi connectivity index (χ1n) is 8.07. The van der Waals surface area contributed by atoms with Gasteiger partial charge in [0.05, 0.1) is 0 Å². The smallest absolute Gasteiger partial charge is 0.00462 e. The van der Waals surface area contributed by atoms with Crippen molar-refractivity contribution in [3.63, 3.8) is 0 Å². The zero-order valence-corrected chi connectivity index (χ0v) is 11.2. The number of hydrogen-bond acceptors (Lipinski definition) is 1. The fraction of sp³-hybridized carbons (Fsp3) is 1.00. The molecule has 0 aromatic heterocycles. The minimum atomic E-state index is 0.858. The molecule has 3 fully saturated rings. The van der Waals surface area contributed by atoms with E-state index >= 15 is 0 Å². The second-order valence-electron chi connectivity index (χ2n) is 7.06. The Kier molecular flexibility index (Phi) is 3.75. The van der Waals surface area contributed by atoms with Crippen LogP contribution in [-0.4, -0.2) is 6.54 Å². The third-order valence-electron chi connectivity index (χ3n) is 6.11. The average molecular weight is 235 g/mol. The summed E-state index contributed by atoms with van der Waals surface area (Å²) in [6.45, 7) is 0.950. The molecule has 0 saturated heterocycles. The fourth-order valence-corrected chi connectivity index (χ4v) is 5.14. The Morgan fingerprint density at radius 1 is 0.765 bits per heavy atom. The molecule has 0 radical (unpaired) electrons. The molecule has 0 aliphatic heterocycles. The van der Waals surface area contributed by atoms with Crippen LogP contribution in [0.3, 0.4) is 0 Å². The largest absolute Gasteiger partial charge is 0.330 e. The van der Waals surface area contributed by atoms with E-state index in [4.69, 9.17) is 5.73 Å². The molecule has 0 spiro atoms. The number of rotatable bonds is 3. The van der Waals surface area contributed by atoms with Crippen molar-refractivity contribution in [3.05, 3.63) is 0 Å². The van der Waals surface area contributed by atoms with Gasteiger partial charge in [0.25, 0.3) is 0 Å². The van der Waals surface area contributed by atoms with Crippen LogP contribution in [0.25, 0.3) is 0 Å². The highest BCUT2D eigenvalue weighted by Gasteiger charge is 2.40. The second-order valence-corrected chi connectivity index (χ2v) is 7.06. The van der Waals surface area contributed by atoms with Crippen molar-refractivity contribution in [2.45, 2.75) is 64.2 Å². The molecule has 0 aromatic rings. The number of hydrogen-bond donors (Lipinski definition) is 1. The molecule has 5 unspecified atom stereocenters. The van der Waals surface area contributed by atoms with Gasteiger partial charge < -0.3 is 5.73 Å². The monoisotopic (exact) mass is 235 g/mol. The van der Waals surface area contributed by atoms with Gasteiger partial charge in [0.1, 0.15) is 0 Å². The molecule has 2 N–H and O–H groups in total. The number of nitrogens with two attached hydrogens (primary N) is 1. The Morgan fingerprint density at radius 3 is 2.24 bits per heavy atom. The van der Waals surface area contributed by atoms with E-state index in [1.165, 1.54) is 38.5 Å². The summed E-state index contributed by atoms with van der Waals surface area (Å²) in [6, 6.07) is 0. The quantitative estimate of drug-likeness (QED) is 0.736. The minimum absolute atomic E-state index is 0.858. The first-order chi connectivity index (χ1) is 8.36. The highest BCUT2D eigenvalue weighted by molar-refractivity contribution is 4.91. The van der Waals surface area contributed by atoms with Crippen LogP contribution in [0, 0.1) is 29.6 Å². The zero-order chi connectivity index (χ0) is 11.7. The van der Waals surface area contributed by atoms with Gasteiger partial charge in [-0.2, -0.15) is 0 Å². The molecule has 3 rings (SSSR count). The van der Waals surface area contributed by atoms with Gasteiger partial charge in [-0.15, -0.1) is 0 Å². The third kappa shape index (κ3) is 2.54. The molecule has 98 valence electrons. The molecule has 3 aliphatic rings. The van der Waals surface area contributed by atoms with Crippen molar-refractivity contribution in [1.82, 2.24) is 0 Å². The zero-order valence-electron chi connectivity index (χ0n) is 11.2. The van der Waals surface area contributed by atoms with Gasteiger partial charge in [0.15, 0.2) is 0 Å². The average Bonchev–Trinajstić information content (AvgIpc) is 2.87. The lowest BCUT2D eigenvalue weighted by Crippen LogP contribution is -2.26. The maximum atomic E-state index is 6.01. The molecule has 3 aliphatic carbocycles. The fourth-order valence-electron chi connectivity index (χ4n) is 5.14. The van der Waals surface area contributed by atoms with Crippen LogP contribution in [0.15, 0.2) is 0 Å². The summed E-state index contributed by atoms with van der Waals surface area (Å²) >= 11 is 0. The Hall–Kier alpha value is -0.0400. The molecule has 3 saturated carbocycles. The molecule has 17 heavy (non-hydrogen) atoms. The summed E-state index contributed by atoms with van der Waals surface area (Å²) in [5, 5.41) is 0. The molecule has 2 bridgehead atoms. The minimum Gasteiger partial charge on any atom is -0.330 e. The van der Waals surface area contributed by atoms with Gasteiger partial charge in [0.2, 0.25) is 0 Å². The lowest BCUT2D eigenvalue weighted by atomic mass is 9.76. The Bertz CT molecular complexity index is 250. The Morgan fingerprint density at radius 2 is 1.59 bits per heavy atom. The van der Waals surface area contributed by atoms with Crippen molar-refractivity contribution in [3.8, 4) is 0 Å². The topological polar surface area (TPSA) is 26.0 Å². The predicted octanol–water partition coefficient (Wildman–Crippen LogP) is 3.97. The van der Waals surface area contributed by atoms with Crippen LogP contribution in [0.4, 0.5) is 0 Å². The SMILES string of the molecule is NCC1CCCCCC1CC1CC2CCC1C2. The molecular weight excluding hydrogens is 206 g/mol. The summed E-state index contributed by atoms with van der Waals surface area (Å²) in [7, 11) is 0. The normalized spacial score (nSPS) is 46.1. The molecule has 0 aromatic carbocycles. The molecule has 1 nitrogen and oxygen atoms in total. The Balaban J connectivity index is 1.58. The first-order valence-corrected chi connectivity index (χ1v) is 8.07. The van der Waals surface area contributed by atoms with E-state index in [1.54, 1.807) is 25.7 Å². The lowest BCUT2D eigenvalue weighted by molar-refractivity contribution is 0.210. The molecule has 1 heteroatoms. The van der Waals surface area contributed by atoms with E-state index in [0.29, 0.717) is 0 Å². The van der Waals surface area contributed by atoms with E-state index in [9.17, 15) is 0 Å². The van der Waals surface area contributed by atoms with Crippen molar-refractivity contribution in [2.24, 2.45) is 35.3 Å². The summed E-state index contributed by atoms with van der Waals surface area (Å²) in [5.74, 6) is 5.16. The number of fused-ring (bicyclic) bond motifs is 2. The van der Waals surface area contributed by atoms with Crippen LogP contribution in [0.5, 0.6) is 0 Å². The van der Waals surface area contributed by atoms with Crippen molar-refractivity contribution in [1.29, 1.82) is 0 Å². The van der Waals surface area contributed by atoms with Crippen molar-refractivity contribution < 1.29 is 0 Å². The van der Waals surface area contributed by atoms with E-state index in [1.807, 2.05) is 0 Å². The van der Waals surface area contributed by atoms with E-state index in [0.717, 1.165) is 36.1 Å². The maximum absolute atomic E-state index is 6.01. The molecule has 5 atom stereocenters. The van der Waals surface area contributed by atoms with Gasteiger partial charge in [0, 0.05) is 0 Å². The molecular formula is C16H29N. The summed E-state index contributed by atoms with van der Waals surface area (Å²) < 4.78 is 0. The molecule has 0 heterocycles. The van der Waals surface area contributed by atoms with Gasteiger partial charge in [-0.25, -0.2) is 0 Å². The van der Waals surface area contributed by atoms with Gasteiger partial charge in [-0.1, -0.05) is 32.1 Å². The standard InChI is InChI=1S/C16H29N/c17-11-15-5-3-1-2-4-13(15)10-16-9-12-6-7-14(16)8-12/h12-16H,1-11,17H2. The van der Waals surface area contributed by atoms with Gasteiger partial charge in [-0.05, 0) is 68.2 Å². The second kappa shape index (κ2) is 5.30. The van der Waals surface area contributed by atoms with Gasteiger partial charge >= 0.3 is 0 Å². The van der Waals surface area contributed by atoms with Crippen LogP contribution in [0.1, 0.15) is 64.2 Å². The summed E-state index contributed by atoms with van der Waals surface area (Å²) in [5.41, 5.74) is 6.01. The van der Waals surface area contributed by atoms with Crippen LogP contribution < -0.4 is 5.73 Å². The summed E-state index contributed by atoms with van der Waals surface area (Å²) in [6.07, 6.45) is 15.0. The van der Waals surface area contributed by atoms with E-state index < -0.39 is 0 Å². The Labute approximate surface area is 107 Å². The highest BCUT2D eigenvalue weighted by atomic mass is 14.6. The van der Waals surface area contributed by atoms with E-state index in [2.05, 4.69) is 0 Å². The summed E-state index contributed by atoms with van der Waals surface area (Å²) in [4.78, 5) is 0. The molecule has 0 amide bonds. The van der Waals surface area contributed by atoms with E-state index in [-0.39, 0.29) is 0 Å². The highest BCUT2D eigenvalue weighted by Crippen LogP contribution is 2.51. The third-order valence-corrected chi connectivity index (χ3v) is 6.11. The van der Waals surface area contributed by atoms with Crippen molar-refractivity contribution >= 4 is 0 Å². The van der Waals surface area contributed by atoms with Crippen molar-refractivity contribution in [2.75, 3.05) is 6.54 Å². The lowest BCUT2D eigenvalue weighted by Gasteiger charge is -2.30. The maximum Gasteiger partial charge on any atom is -0.00462 e. The van der Waals surface area contributed by atoms with Crippen LogP contribution in [-0.2, 0) is 0 Å². The van der Waals surface area contributed by atoms with Crippen LogP contribution in [0.2, 0.25) is 0 Å². The first kappa shape index (κ1) is 12.0.